The van der Waals surface area contributed by atoms with Gasteiger partial charge in [-0.15, -0.1) is 0 Å². The largest absolute Gasteiger partial charge is 0.545 e. The van der Waals surface area contributed by atoms with Gasteiger partial charge in [-0.1, -0.05) is 11.6 Å². The number of rotatable bonds is 3. The Morgan fingerprint density at radius 2 is 2.21 bits per heavy atom. The van der Waals surface area contributed by atoms with Gasteiger partial charge in [0.25, 0.3) is 0 Å². The molecule has 0 aliphatic carbocycles. The van der Waals surface area contributed by atoms with Gasteiger partial charge in [-0.3, -0.25) is 0 Å². The zero-order valence-electron chi connectivity index (χ0n) is 8.11. The summed E-state index contributed by atoms with van der Waals surface area (Å²) in [6.07, 6.45) is 2.44. The van der Waals surface area contributed by atoms with Gasteiger partial charge in [-0.25, -0.2) is 0 Å². The van der Waals surface area contributed by atoms with Crippen LogP contribution in [0.3, 0.4) is 0 Å². The molecule has 0 N–H and O–H groups in total. The van der Waals surface area contributed by atoms with E-state index in [1.807, 2.05) is 19.1 Å². The molecule has 14 heavy (non-hydrogen) atoms. The van der Waals surface area contributed by atoms with E-state index in [0.717, 1.165) is 17.2 Å². The lowest BCUT2D eigenvalue weighted by molar-refractivity contribution is -0.297. The van der Waals surface area contributed by atoms with Crippen LogP contribution in [0.4, 0.5) is 0 Å². The molecule has 0 saturated carbocycles. The zero-order chi connectivity index (χ0) is 10.6. The van der Waals surface area contributed by atoms with Crippen molar-refractivity contribution in [3.63, 3.8) is 0 Å². The topological polar surface area (TPSA) is 49.4 Å². The minimum atomic E-state index is -1.21. The van der Waals surface area contributed by atoms with Crippen molar-refractivity contribution in [3.8, 4) is 5.75 Å². The number of ether oxygens (including phenoxy) is 1. The maximum atomic E-state index is 10.2. The Hall–Kier alpha value is -1.77. The van der Waals surface area contributed by atoms with Crippen molar-refractivity contribution < 1.29 is 14.6 Å². The summed E-state index contributed by atoms with van der Waals surface area (Å²) in [4.78, 5) is 10.2. The molecular weight excluding hydrogens is 180 g/mol. The van der Waals surface area contributed by atoms with E-state index in [-0.39, 0.29) is 0 Å². The highest BCUT2D eigenvalue weighted by Gasteiger charge is 1.98. The number of carbonyl (C=O) groups excluding carboxylic acids is 1. The molecule has 0 bridgehead atoms. The van der Waals surface area contributed by atoms with Crippen molar-refractivity contribution >= 4 is 12.0 Å². The predicted molar refractivity (Wildman–Crippen MR) is 51.8 cm³/mol. The SMILES string of the molecule is COc1ccc(C)cc1/C=C/C(=O)[O-]. The Kier molecular flexibility index (Phi) is 3.29. The molecule has 0 unspecified atom stereocenters. The first-order valence-corrected chi connectivity index (χ1v) is 4.17. The number of aliphatic carboxylic acids is 1. The van der Waals surface area contributed by atoms with Crippen LogP contribution in [0.5, 0.6) is 5.75 Å². The fraction of sp³-hybridized carbons (Fsp3) is 0.182. The quantitative estimate of drug-likeness (QED) is 0.663. The second-order valence-corrected chi connectivity index (χ2v) is 2.90. The highest BCUT2D eigenvalue weighted by Crippen LogP contribution is 2.20. The van der Waals surface area contributed by atoms with Gasteiger partial charge in [0.2, 0.25) is 0 Å². The summed E-state index contributed by atoms with van der Waals surface area (Å²) in [5.41, 5.74) is 1.78. The molecule has 0 saturated heterocycles. The summed E-state index contributed by atoms with van der Waals surface area (Å²) in [6, 6.07) is 5.54. The lowest BCUT2D eigenvalue weighted by Crippen LogP contribution is -2.18. The molecule has 0 amide bonds. The van der Waals surface area contributed by atoms with Gasteiger partial charge in [0, 0.05) is 5.56 Å². The van der Waals surface area contributed by atoms with E-state index in [0.29, 0.717) is 5.75 Å². The van der Waals surface area contributed by atoms with E-state index >= 15 is 0 Å². The number of carboxylic acid groups (broad SMARTS) is 1. The Morgan fingerprint density at radius 3 is 2.79 bits per heavy atom. The third-order valence-corrected chi connectivity index (χ3v) is 1.78. The van der Waals surface area contributed by atoms with Crippen LogP contribution in [0.2, 0.25) is 0 Å². The molecule has 0 aliphatic rings. The van der Waals surface area contributed by atoms with E-state index in [1.165, 1.54) is 6.08 Å². The number of hydrogen-bond donors (Lipinski definition) is 0. The van der Waals surface area contributed by atoms with Crippen molar-refractivity contribution in [3.05, 3.63) is 35.4 Å². The van der Waals surface area contributed by atoms with E-state index in [1.54, 1.807) is 13.2 Å². The van der Waals surface area contributed by atoms with E-state index in [2.05, 4.69) is 0 Å². The number of hydrogen-bond acceptors (Lipinski definition) is 3. The molecule has 0 atom stereocenters. The average molecular weight is 191 g/mol. The molecule has 3 heteroatoms. The Morgan fingerprint density at radius 1 is 1.50 bits per heavy atom. The molecule has 74 valence electrons. The first-order valence-electron chi connectivity index (χ1n) is 4.17. The van der Waals surface area contributed by atoms with Gasteiger partial charge < -0.3 is 14.6 Å². The molecule has 1 rings (SSSR count). The highest BCUT2D eigenvalue weighted by molar-refractivity contribution is 5.84. The molecule has 0 heterocycles. The van der Waals surface area contributed by atoms with Crippen LogP contribution in [-0.2, 0) is 4.79 Å². The number of carboxylic acids is 1. The summed E-state index contributed by atoms with van der Waals surface area (Å²) < 4.78 is 5.07. The van der Waals surface area contributed by atoms with E-state index in [4.69, 9.17) is 4.74 Å². The summed E-state index contributed by atoms with van der Waals surface area (Å²) in [6.45, 7) is 1.93. The van der Waals surface area contributed by atoms with E-state index in [9.17, 15) is 9.90 Å². The van der Waals surface area contributed by atoms with Crippen molar-refractivity contribution in [1.29, 1.82) is 0 Å². The summed E-state index contributed by atoms with van der Waals surface area (Å²) in [7, 11) is 1.54. The van der Waals surface area contributed by atoms with Crippen LogP contribution in [-0.4, -0.2) is 13.1 Å². The van der Waals surface area contributed by atoms with Gasteiger partial charge in [-0.2, -0.15) is 0 Å². The lowest BCUT2D eigenvalue weighted by Gasteiger charge is -2.05. The van der Waals surface area contributed by atoms with Crippen LogP contribution >= 0.6 is 0 Å². The minimum absolute atomic E-state index is 0.646. The van der Waals surface area contributed by atoms with Crippen molar-refractivity contribution in [2.45, 2.75) is 6.92 Å². The maximum Gasteiger partial charge on any atom is 0.126 e. The molecule has 0 aliphatic heterocycles. The number of methoxy groups -OCH3 is 1. The standard InChI is InChI=1S/C11H12O3/c1-8-3-5-10(14-2)9(7-8)4-6-11(12)13/h3-7H,1-2H3,(H,12,13)/p-1/b6-4+. The van der Waals surface area contributed by atoms with E-state index < -0.39 is 5.97 Å². The lowest BCUT2D eigenvalue weighted by atomic mass is 10.1. The average Bonchev–Trinajstić information content (AvgIpc) is 2.15. The smallest absolute Gasteiger partial charge is 0.126 e. The number of aryl methyl sites for hydroxylation is 1. The van der Waals surface area contributed by atoms with Gasteiger partial charge in [-0.05, 0) is 31.2 Å². The molecule has 0 spiro atoms. The minimum Gasteiger partial charge on any atom is -0.545 e. The van der Waals surface area contributed by atoms with Crippen molar-refractivity contribution in [2.24, 2.45) is 0 Å². The first kappa shape index (κ1) is 10.3. The van der Waals surface area contributed by atoms with Gasteiger partial charge >= 0.3 is 0 Å². The maximum absolute atomic E-state index is 10.2. The fourth-order valence-corrected chi connectivity index (χ4v) is 1.14. The van der Waals surface area contributed by atoms with Gasteiger partial charge in [0.05, 0.1) is 13.1 Å². The highest BCUT2D eigenvalue weighted by atomic mass is 16.5. The molecule has 0 fully saturated rings. The molecule has 3 nitrogen and oxygen atoms in total. The second kappa shape index (κ2) is 4.46. The second-order valence-electron chi connectivity index (χ2n) is 2.90. The summed E-state index contributed by atoms with van der Waals surface area (Å²) >= 11 is 0. The van der Waals surface area contributed by atoms with Gasteiger partial charge in [0.1, 0.15) is 5.75 Å². The first-order chi connectivity index (χ1) is 6.63. The zero-order valence-corrected chi connectivity index (χ0v) is 8.11. The molecule has 0 aromatic heterocycles. The number of carbonyl (C=O) groups is 1. The molecule has 0 radical (unpaired) electrons. The molecule has 1 aromatic carbocycles. The van der Waals surface area contributed by atoms with Crippen molar-refractivity contribution in [1.82, 2.24) is 0 Å². The monoisotopic (exact) mass is 191 g/mol. The third kappa shape index (κ3) is 2.62. The van der Waals surface area contributed by atoms with Crippen LogP contribution in [0.15, 0.2) is 24.3 Å². The number of benzene rings is 1. The predicted octanol–water partition coefficient (Wildman–Crippen LogP) is 0.767. The third-order valence-electron chi connectivity index (χ3n) is 1.78. The Bertz CT molecular complexity index is 367. The van der Waals surface area contributed by atoms with Crippen LogP contribution in [0.1, 0.15) is 11.1 Å². The summed E-state index contributed by atoms with van der Waals surface area (Å²) in [5, 5.41) is 10.2. The Labute approximate surface area is 82.6 Å². The van der Waals surface area contributed by atoms with Crippen LogP contribution in [0, 0.1) is 6.92 Å². The Balaban J connectivity index is 3.04. The normalized spacial score (nSPS) is 10.4. The fourth-order valence-electron chi connectivity index (χ4n) is 1.14. The van der Waals surface area contributed by atoms with Gasteiger partial charge in [0.15, 0.2) is 0 Å². The summed E-state index contributed by atoms with van der Waals surface area (Å²) in [5.74, 6) is -0.568. The van der Waals surface area contributed by atoms with Crippen LogP contribution in [0.25, 0.3) is 6.08 Å². The van der Waals surface area contributed by atoms with Crippen LogP contribution < -0.4 is 9.84 Å². The molecule has 1 aromatic rings. The van der Waals surface area contributed by atoms with Crippen molar-refractivity contribution in [2.75, 3.05) is 7.11 Å². The molecular formula is C11H11O3-.